The van der Waals surface area contributed by atoms with Crippen LogP contribution in [0.25, 0.3) is 0 Å². The number of carbonyl (C=O) groups is 1. The van der Waals surface area contributed by atoms with Crippen molar-refractivity contribution in [1.82, 2.24) is 5.32 Å². The van der Waals surface area contributed by atoms with Crippen molar-refractivity contribution < 1.29 is 4.79 Å². The predicted molar refractivity (Wildman–Crippen MR) is 76.5 cm³/mol. The number of carbonyl (C=O) groups excluding carboxylic acids is 1. The second kappa shape index (κ2) is 5.82. The van der Waals surface area contributed by atoms with Crippen molar-refractivity contribution in [3.05, 3.63) is 0 Å². The van der Waals surface area contributed by atoms with Gasteiger partial charge in [0.25, 0.3) is 0 Å². The third-order valence-corrected chi connectivity index (χ3v) is 5.81. The van der Waals surface area contributed by atoms with Crippen LogP contribution in [-0.4, -0.2) is 18.5 Å². The quantitative estimate of drug-likeness (QED) is 0.819. The van der Waals surface area contributed by atoms with Crippen LogP contribution in [0.2, 0.25) is 0 Å². The molecule has 3 atom stereocenters. The van der Waals surface area contributed by atoms with Gasteiger partial charge in [-0.15, -0.1) is 0 Å². The van der Waals surface area contributed by atoms with Gasteiger partial charge in [0.15, 0.2) is 0 Å². The van der Waals surface area contributed by atoms with Gasteiger partial charge in [0, 0.05) is 19.0 Å². The highest BCUT2D eigenvalue weighted by Crippen LogP contribution is 2.49. The topological polar surface area (TPSA) is 55.1 Å². The van der Waals surface area contributed by atoms with Gasteiger partial charge in [0.1, 0.15) is 0 Å². The van der Waals surface area contributed by atoms with Crippen molar-refractivity contribution in [3.63, 3.8) is 0 Å². The molecule has 0 heterocycles. The fraction of sp³-hybridized carbons (Fsp3) is 0.938. The minimum absolute atomic E-state index is 0.299. The smallest absolute Gasteiger partial charge is 0.220 e. The second-order valence-electron chi connectivity index (χ2n) is 7.22. The van der Waals surface area contributed by atoms with Crippen LogP contribution in [-0.2, 0) is 4.79 Å². The van der Waals surface area contributed by atoms with E-state index in [1.54, 1.807) is 0 Å². The van der Waals surface area contributed by atoms with Crippen LogP contribution < -0.4 is 11.1 Å². The molecule has 3 rings (SSSR count). The lowest BCUT2D eigenvalue weighted by molar-refractivity contribution is -0.122. The summed E-state index contributed by atoms with van der Waals surface area (Å²) >= 11 is 0. The molecule has 3 saturated carbocycles. The first-order valence-electron chi connectivity index (χ1n) is 8.23. The fourth-order valence-electron chi connectivity index (χ4n) is 4.59. The summed E-state index contributed by atoms with van der Waals surface area (Å²) in [6.07, 6.45) is 10.9. The van der Waals surface area contributed by atoms with E-state index in [0.717, 1.165) is 37.6 Å². The zero-order valence-corrected chi connectivity index (χ0v) is 11.9. The van der Waals surface area contributed by atoms with E-state index in [9.17, 15) is 4.79 Å². The largest absolute Gasteiger partial charge is 0.356 e. The van der Waals surface area contributed by atoms with E-state index < -0.39 is 0 Å². The molecule has 3 aliphatic rings. The molecule has 3 nitrogen and oxygen atoms in total. The van der Waals surface area contributed by atoms with Crippen LogP contribution in [0.15, 0.2) is 0 Å². The van der Waals surface area contributed by atoms with Gasteiger partial charge in [-0.3, -0.25) is 4.79 Å². The molecule has 3 unspecified atom stereocenters. The Balaban J connectivity index is 1.35. The first kappa shape index (κ1) is 13.4. The number of hydrogen-bond acceptors (Lipinski definition) is 2. The summed E-state index contributed by atoms with van der Waals surface area (Å²) in [7, 11) is 0. The lowest BCUT2D eigenvalue weighted by Crippen LogP contribution is -2.35. The van der Waals surface area contributed by atoms with Crippen LogP contribution >= 0.6 is 0 Å². The molecule has 3 fully saturated rings. The van der Waals surface area contributed by atoms with Crippen molar-refractivity contribution in [3.8, 4) is 0 Å². The maximum Gasteiger partial charge on any atom is 0.220 e. The fourth-order valence-corrected chi connectivity index (χ4v) is 4.59. The molecule has 3 aliphatic carbocycles. The SMILES string of the molecule is NC1CCC(CNC(=O)CC2CC3CCC2C3)CC1. The molecule has 0 saturated heterocycles. The molecule has 3 heteroatoms. The van der Waals surface area contributed by atoms with Crippen LogP contribution in [0, 0.1) is 23.7 Å². The van der Waals surface area contributed by atoms with Gasteiger partial charge in [0.2, 0.25) is 5.91 Å². The van der Waals surface area contributed by atoms with Gasteiger partial charge in [-0.25, -0.2) is 0 Å². The summed E-state index contributed by atoms with van der Waals surface area (Å²) in [5.41, 5.74) is 5.91. The standard InChI is InChI=1S/C16H28N2O/c17-15-5-2-11(3-6-15)10-18-16(19)9-14-8-12-1-4-13(14)7-12/h11-15H,1-10,17H2,(H,18,19). The number of nitrogens with two attached hydrogens (primary N) is 1. The van der Waals surface area contributed by atoms with Crippen LogP contribution in [0.1, 0.15) is 57.8 Å². The summed E-state index contributed by atoms with van der Waals surface area (Å²) in [5, 5.41) is 3.17. The average Bonchev–Trinajstić information content (AvgIpc) is 3.00. The first-order valence-corrected chi connectivity index (χ1v) is 8.23. The summed E-state index contributed by atoms with van der Waals surface area (Å²) in [6.45, 7) is 0.881. The van der Waals surface area contributed by atoms with Crippen molar-refractivity contribution in [2.75, 3.05) is 6.54 Å². The number of hydrogen-bond donors (Lipinski definition) is 2. The summed E-state index contributed by atoms with van der Waals surface area (Å²) in [5.74, 6) is 3.47. The molecule has 0 radical (unpaired) electrons. The van der Waals surface area contributed by atoms with E-state index in [-0.39, 0.29) is 0 Å². The Morgan fingerprint density at radius 3 is 2.47 bits per heavy atom. The first-order chi connectivity index (χ1) is 9.20. The monoisotopic (exact) mass is 264 g/mol. The van der Waals surface area contributed by atoms with E-state index >= 15 is 0 Å². The van der Waals surface area contributed by atoms with Crippen molar-refractivity contribution in [1.29, 1.82) is 0 Å². The molecule has 3 N–H and O–H groups in total. The normalized spacial score (nSPS) is 41.4. The second-order valence-corrected chi connectivity index (χ2v) is 7.22. The minimum Gasteiger partial charge on any atom is -0.356 e. The Bertz CT molecular complexity index is 323. The van der Waals surface area contributed by atoms with Crippen molar-refractivity contribution in [2.24, 2.45) is 29.4 Å². The van der Waals surface area contributed by atoms with Crippen LogP contribution in [0.4, 0.5) is 0 Å². The van der Waals surface area contributed by atoms with Gasteiger partial charge in [-0.05, 0) is 68.6 Å². The third-order valence-electron chi connectivity index (χ3n) is 5.81. The minimum atomic E-state index is 0.299. The van der Waals surface area contributed by atoms with E-state index in [0.29, 0.717) is 23.8 Å². The molecule has 0 aliphatic heterocycles. The van der Waals surface area contributed by atoms with Crippen LogP contribution in [0.3, 0.4) is 0 Å². The van der Waals surface area contributed by atoms with Crippen molar-refractivity contribution >= 4 is 5.91 Å². The Morgan fingerprint density at radius 2 is 1.84 bits per heavy atom. The van der Waals surface area contributed by atoms with Crippen molar-refractivity contribution in [2.45, 2.75) is 63.8 Å². The Hall–Kier alpha value is -0.570. The van der Waals surface area contributed by atoms with Gasteiger partial charge >= 0.3 is 0 Å². The molecule has 108 valence electrons. The molecular formula is C16H28N2O. The van der Waals surface area contributed by atoms with Gasteiger partial charge in [0.05, 0.1) is 0 Å². The predicted octanol–water partition coefficient (Wildman–Crippen LogP) is 2.45. The van der Waals surface area contributed by atoms with E-state index in [4.69, 9.17) is 5.73 Å². The van der Waals surface area contributed by atoms with E-state index in [1.165, 1.54) is 38.5 Å². The zero-order valence-electron chi connectivity index (χ0n) is 11.9. The maximum atomic E-state index is 12.0. The molecule has 0 aromatic heterocycles. The Kier molecular flexibility index (Phi) is 4.11. The van der Waals surface area contributed by atoms with E-state index in [1.807, 2.05) is 0 Å². The molecule has 0 aromatic rings. The lowest BCUT2D eigenvalue weighted by atomic mass is 9.85. The molecular weight excluding hydrogens is 236 g/mol. The van der Waals surface area contributed by atoms with Gasteiger partial charge in [-0.1, -0.05) is 6.42 Å². The summed E-state index contributed by atoms with van der Waals surface area (Å²) in [4.78, 5) is 12.0. The highest BCUT2D eigenvalue weighted by atomic mass is 16.1. The maximum absolute atomic E-state index is 12.0. The summed E-state index contributed by atoms with van der Waals surface area (Å²) < 4.78 is 0. The van der Waals surface area contributed by atoms with Crippen LogP contribution in [0.5, 0.6) is 0 Å². The molecule has 0 aromatic carbocycles. The zero-order chi connectivity index (χ0) is 13.2. The van der Waals surface area contributed by atoms with E-state index in [2.05, 4.69) is 5.32 Å². The molecule has 2 bridgehead atoms. The number of amides is 1. The third kappa shape index (κ3) is 3.31. The van der Waals surface area contributed by atoms with Gasteiger partial charge < -0.3 is 11.1 Å². The van der Waals surface area contributed by atoms with Gasteiger partial charge in [-0.2, -0.15) is 0 Å². The Morgan fingerprint density at radius 1 is 1.05 bits per heavy atom. The highest BCUT2D eigenvalue weighted by molar-refractivity contribution is 5.76. The summed E-state index contributed by atoms with van der Waals surface area (Å²) in [6, 6.07) is 0.404. The number of rotatable bonds is 4. The lowest BCUT2D eigenvalue weighted by Gasteiger charge is -2.26. The number of fused-ring (bicyclic) bond motifs is 2. The average molecular weight is 264 g/mol. The molecule has 0 spiro atoms. The number of nitrogens with one attached hydrogen (secondary N) is 1. The molecule has 1 amide bonds. The highest BCUT2D eigenvalue weighted by Gasteiger charge is 2.40. The Labute approximate surface area is 116 Å². The molecule has 19 heavy (non-hydrogen) atoms.